The van der Waals surface area contributed by atoms with Crippen molar-refractivity contribution < 1.29 is 9.90 Å². The molecule has 3 heteroatoms. The van der Waals surface area contributed by atoms with Crippen LogP contribution in [0.15, 0.2) is 24.3 Å². The van der Waals surface area contributed by atoms with E-state index < -0.39 is 0 Å². The van der Waals surface area contributed by atoms with Gasteiger partial charge in [-0.05, 0) is 30.5 Å². The maximum absolute atomic E-state index is 11.7. The summed E-state index contributed by atoms with van der Waals surface area (Å²) in [4.78, 5) is 11.7. The second-order valence-corrected chi connectivity index (χ2v) is 4.39. The molecule has 2 rings (SSSR count). The molecule has 1 saturated carbocycles. The van der Waals surface area contributed by atoms with Gasteiger partial charge < -0.3 is 10.4 Å². The number of carbonyl (C=O) groups is 1. The zero-order chi connectivity index (χ0) is 11.4. The summed E-state index contributed by atoms with van der Waals surface area (Å²) in [5.41, 5.74) is 0.522. The average molecular weight is 219 g/mol. The Bertz CT molecular complexity index is 372. The smallest absolute Gasteiger partial charge is 0.251 e. The number of phenolic OH excluding ortho intramolecular Hbond substituents is 1. The minimum atomic E-state index is -0.102. The van der Waals surface area contributed by atoms with Crippen LogP contribution in [0.3, 0.4) is 0 Å². The van der Waals surface area contributed by atoms with Gasteiger partial charge in [0.1, 0.15) is 5.75 Å². The molecule has 0 atom stereocenters. The summed E-state index contributed by atoms with van der Waals surface area (Å²) in [5, 5.41) is 12.1. The molecule has 1 aromatic carbocycles. The molecule has 16 heavy (non-hydrogen) atoms. The van der Waals surface area contributed by atoms with E-state index in [0.717, 1.165) is 18.9 Å². The average Bonchev–Trinajstić information content (AvgIpc) is 2.21. The summed E-state index contributed by atoms with van der Waals surface area (Å²) in [6.07, 6.45) is 5.03. The van der Waals surface area contributed by atoms with Crippen molar-refractivity contribution >= 4 is 5.91 Å². The van der Waals surface area contributed by atoms with E-state index in [9.17, 15) is 9.90 Å². The van der Waals surface area contributed by atoms with Crippen LogP contribution in [-0.4, -0.2) is 17.6 Å². The van der Waals surface area contributed by atoms with Crippen LogP contribution in [0.1, 0.15) is 36.0 Å². The summed E-state index contributed by atoms with van der Waals surface area (Å²) in [7, 11) is 0. The van der Waals surface area contributed by atoms with Crippen molar-refractivity contribution in [1.29, 1.82) is 0 Å². The first-order valence-corrected chi connectivity index (χ1v) is 5.83. The molecule has 0 radical (unpaired) electrons. The van der Waals surface area contributed by atoms with Gasteiger partial charge >= 0.3 is 0 Å². The summed E-state index contributed by atoms with van der Waals surface area (Å²) in [6.45, 7) is 0.735. The van der Waals surface area contributed by atoms with Crippen molar-refractivity contribution in [1.82, 2.24) is 5.32 Å². The predicted molar refractivity (Wildman–Crippen MR) is 62.4 cm³/mol. The van der Waals surface area contributed by atoms with Crippen LogP contribution in [0.4, 0.5) is 0 Å². The second kappa shape index (κ2) is 5.01. The third-order valence-electron chi connectivity index (χ3n) is 3.17. The number of aromatic hydroxyl groups is 1. The first-order valence-electron chi connectivity index (χ1n) is 5.83. The van der Waals surface area contributed by atoms with Gasteiger partial charge in [0.25, 0.3) is 5.91 Å². The van der Waals surface area contributed by atoms with Gasteiger partial charge in [0.05, 0.1) is 0 Å². The Hall–Kier alpha value is -1.51. The molecule has 1 aliphatic rings. The van der Waals surface area contributed by atoms with Gasteiger partial charge in [-0.15, -0.1) is 0 Å². The number of phenols is 1. The second-order valence-electron chi connectivity index (χ2n) is 4.39. The lowest BCUT2D eigenvalue weighted by molar-refractivity contribution is 0.0948. The van der Waals surface area contributed by atoms with Crippen molar-refractivity contribution in [2.45, 2.75) is 25.7 Å². The Morgan fingerprint density at radius 3 is 2.88 bits per heavy atom. The highest BCUT2D eigenvalue weighted by molar-refractivity contribution is 5.94. The Kier molecular flexibility index (Phi) is 3.44. The van der Waals surface area contributed by atoms with Crippen LogP contribution in [0.2, 0.25) is 0 Å². The highest BCUT2D eigenvalue weighted by atomic mass is 16.3. The van der Waals surface area contributed by atoms with E-state index in [1.165, 1.54) is 25.3 Å². The van der Waals surface area contributed by atoms with Gasteiger partial charge in [0, 0.05) is 12.1 Å². The van der Waals surface area contributed by atoms with E-state index in [1.54, 1.807) is 18.2 Å². The number of nitrogens with one attached hydrogen (secondary N) is 1. The zero-order valence-electron chi connectivity index (χ0n) is 9.28. The van der Waals surface area contributed by atoms with E-state index in [-0.39, 0.29) is 11.7 Å². The van der Waals surface area contributed by atoms with E-state index in [1.807, 2.05) is 0 Å². The van der Waals surface area contributed by atoms with Gasteiger partial charge in [-0.1, -0.05) is 25.3 Å². The number of hydrogen-bond acceptors (Lipinski definition) is 2. The van der Waals surface area contributed by atoms with Crippen molar-refractivity contribution in [2.75, 3.05) is 6.54 Å². The van der Waals surface area contributed by atoms with Gasteiger partial charge in [0.15, 0.2) is 0 Å². The quantitative estimate of drug-likeness (QED) is 0.816. The van der Waals surface area contributed by atoms with Crippen LogP contribution in [-0.2, 0) is 0 Å². The van der Waals surface area contributed by atoms with Crippen LogP contribution in [0.25, 0.3) is 0 Å². The Labute approximate surface area is 95.5 Å². The molecule has 0 heterocycles. The number of hydrogen-bond donors (Lipinski definition) is 2. The molecule has 3 nitrogen and oxygen atoms in total. The first-order chi connectivity index (χ1) is 7.75. The number of amides is 1. The largest absolute Gasteiger partial charge is 0.508 e. The minimum Gasteiger partial charge on any atom is -0.508 e. The van der Waals surface area contributed by atoms with Crippen molar-refractivity contribution in [3.8, 4) is 5.75 Å². The molecular weight excluding hydrogens is 202 g/mol. The summed E-state index contributed by atoms with van der Waals surface area (Å²) >= 11 is 0. The van der Waals surface area contributed by atoms with Gasteiger partial charge in [-0.25, -0.2) is 0 Å². The SMILES string of the molecule is O=C(NCCC1CCC1)c1cccc(O)c1. The fraction of sp³-hybridized carbons (Fsp3) is 0.462. The monoisotopic (exact) mass is 219 g/mol. The van der Waals surface area contributed by atoms with Crippen LogP contribution in [0.5, 0.6) is 5.75 Å². The first kappa shape index (κ1) is 11.0. The molecule has 0 aliphatic heterocycles. The molecule has 2 N–H and O–H groups in total. The van der Waals surface area contributed by atoms with Crippen molar-refractivity contribution in [2.24, 2.45) is 5.92 Å². The predicted octanol–water partition coefficient (Wildman–Crippen LogP) is 2.31. The number of rotatable bonds is 4. The lowest BCUT2D eigenvalue weighted by atomic mass is 9.83. The highest BCUT2D eigenvalue weighted by Gasteiger charge is 2.17. The zero-order valence-corrected chi connectivity index (χ0v) is 9.28. The maximum Gasteiger partial charge on any atom is 0.251 e. The molecule has 86 valence electrons. The van der Waals surface area contributed by atoms with E-state index in [4.69, 9.17) is 0 Å². The van der Waals surface area contributed by atoms with E-state index >= 15 is 0 Å². The third kappa shape index (κ3) is 2.75. The third-order valence-corrected chi connectivity index (χ3v) is 3.17. The molecule has 0 bridgehead atoms. The molecule has 1 aliphatic carbocycles. The molecule has 0 spiro atoms. The minimum absolute atomic E-state index is 0.102. The van der Waals surface area contributed by atoms with Crippen molar-refractivity contribution in [3.63, 3.8) is 0 Å². The van der Waals surface area contributed by atoms with Gasteiger partial charge in [-0.2, -0.15) is 0 Å². The molecule has 1 amide bonds. The fourth-order valence-electron chi connectivity index (χ4n) is 1.92. The highest BCUT2D eigenvalue weighted by Crippen LogP contribution is 2.28. The van der Waals surface area contributed by atoms with E-state index in [2.05, 4.69) is 5.32 Å². The molecule has 0 unspecified atom stereocenters. The lowest BCUT2D eigenvalue weighted by Gasteiger charge is -2.25. The Morgan fingerprint density at radius 1 is 1.44 bits per heavy atom. The Morgan fingerprint density at radius 2 is 2.25 bits per heavy atom. The standard InChI is InChI=1S/C13H17NO2/c15-12-6-2-5-11(9-12)13(16)14-8-7-10-3-1-4-10/h2,5-6,9-10,15H,1,3-4,7-8H2,(H,14,16). The van der Waals surface area contributed by atoms with Gasteiger partial charge in [0.2, 0.25) is 0 Å². The van der Waals surface area contributed by atoms with Crippen LogP contribution in [0, 0.1) is 5.92 Å². The topological polar surface area (TPSA) is 49.3 Å². The van der Waals surface area contributed by atoms with Gasteiger partial charge in [-0.3, -0.25) is 4.79 Å². The molecule has 0 saturated heterocycles. The normalized spacial score (nSPS) is 15.5. The fourth-order valence-corrected chi connectivity index (χ4v) is 1.92. The Balaban J connectivity index is 1.78. The molecule has 0 aromatic heterocycles. The molecular formula is C13H17NO2. The molecule has 1 fully saturated rings. The van der Waals surface area contributed by atoms with E-state index in [0.29, 0.717) is 5.56 Å². The van der Waals surface area contributed by atoms with Crippen LogP contribution < -0.4 is 5.32 Å². The van der Waals surface area contributed by atoms with Crippen LogP contribution >= 0.6 is 0 Å². The van der Waals surface area contributed by atoms with Crippen molar-refractivity contribution in [3.05, 3.63) is 29.8 Å². The summed E-state index contributed by atoms with van der Waals surface area (Å²) < 4.78 is 0. The maximum atomic E-state index is 11.7. The summed E-state index contributed by atoms with van der Waals surface area (Å²) in [5.74, 6) is 0.839. The summed E-state index contributed by atoms with van der Waals surface area (Å²) in [6, 6.07) is 6.43. The lowest BCUT2D eigenvalue weighted by Crippen LogP contribution is -2.27. The molecule has 1 aromatic rings. The number of carbonyl (C=O) groups excluding carboxylic acids is 1. The number of benzene rings is 1.